The van der Waals surface area contributed by atoms with E-state index in [1.165, 1.54) is 6.07 Å². The smallest absolute Gasteiger partial charge is 0.223 e. The minimum Gasteiger partial charge on any atom is -0.356 e. The maximum Gasteiger partial charge on any atom is 0.223 e. The Morgan fingerprint density at radius 2 is 2.27 bits per heavy atom. The van der Waals surface area contributed by atoms with Crippen LogP contribution in [0.3, 0.4) is 0 Å². The van der Waals surface area contributed by atoms with Crippen molar-refractivity contribution in [1.82, 2.24) is 10.6 Å². The molecule has 3 nitrogen and oxygen atoms in total. The van der Waals surface area contributed by atoms with Crippen LogP contribution < -0.4 is 10.6 Å². The Kier molecular flexibility index (Phi) is 6.07. The highest BCUT2D eigenvalue weighted by atomic mass is 35.5. The molecular formula is C16H21Cl2FN2O. The summed E-state index contributed by atoms with van der Waals surface area (Å²) in [6, 6.07) is 4.68. The van der Waals surface area contributed by atoms with E-state index < -0.39 is 0 Å². The largest absolute Gasteiger partial charge is 0.356 e. The van der Waals surface area contributed by atoms with Gasteiger partial charge in [0.1, 0.15) is 5.82 Å². The molecule has 6 heteroatoms. The summed E-state index contributed by atoms with van der Waals surface area (Å²) in [6.07, 6.45) is 3.01. The van der Waals surface area contributed by atoms with Gasteiger partial charge in [-0.15, -0.1) is 12.4 Å². The third-order valence-electron chi connectivity index (χ3n) is 4.46. The number of hydrogen-bond donors (Lipinski definition) is 2. The van der Waals surface area contributed by atoms with Crippen LogP contribution >= 0.6 is 24.0 Å². The van der Waals surface area contributed by atoms with Gasteiger partial charge in [-0.2, -0.15) is 0 Å². The van der Waals surface area contributed by atoms with E-state index in [9.17, 15) is 9.18 Å². The Morgan fingerprint density at radius 3 is 2.95 bits per heavy atom. The van der Waals surface area contributed by atoms with Crippen molar-refractivity contribution in [1.29, 1.82) is 0 Å². The fourth-order valence-corrected chi connectivity index (χ4v) is 3.45. The number of carbonyl (C=O) groups excluding carboxylic acids is 1. The van der Waals surface area contributed by atoms with Crippen molar-refractivity contribution in [3.63, 3.8) is 0 Å². The molecule has 122 valence electrons. The molecule has 0 radical (unpaired) electrons. The number of rotatable bonds is 4. The van der Waals surface area contributed by atoms with Crippen molar-refractivity contribution >= 4 is 29.9 Å². The first-order chi connectivity index (χ1) is 10.2. The van der Waals surface area contributed by atoms with E-state index in [-0.39, 0.29) is 36.0 Å². The lowest BCUT2D eigenvalue weighted by Crippen LogP contribution is -2.38. The molecule has 1 aliphatic heterocycles. The molecule has 2 fully saturated rings. The van der Waals surface area contributed by atoms with Crippen molar-refractivity contribution in [2.45, 2.75) is 25.2 Å². The van der Waals surface area contributed by atoms with Gasteiger partial charge in [-0.25, -0.2) is 4.39 Å². The monoisotopic (exact) mass is 346 g/mol. The van der Waals surface area contributed by atoms with E-state index in [0.717, 1.165) is 25.9 Å². The van der Waals surface area contributed by atoms with Gasteiger partial charge in [0.25, 0.3) is 0 Å². The Balaban J connectivity index is 0.00000176. The number of carbonyl (C=O) groups is 1. The Bertz CT molecular complexity index is 515. The van der Waals surface area contributed by atoms with Crippen LogP contribution in [0.25, 0.3) is 0 Å². The number of hydrogen-bond acceptors (Lipinski definition) is 2. The average Bonchev–Trinajstić information content (AvgIpc) is 3.26. The van der Waals surface area contributed by atoms with E-state index in [2.05, 4.69) is 10.6 Å². The molecule has 2 aliphatic rings. The molecule has 3 unspecified atom stereocenters. The normalized spacial score (nSPS) is 26.9. The molecule has 1 heterocycles. The second kappa shape index (κ2) is 7.62. The summed E-state index contributed by atoms with van der Waals surface area (Å²) in [5, 5.41) is 6.77. The summed E-state index contributed by atoms with van der Waals surface area (Å²) < 4.78 is 13.8. The number of nitrogens with one attached hydrogen (secondary N) is 2. The average molecular weight is 347 g/mol. The zero-order valence-corrected chi connectivity index (χ0v) is 13.9. The van der Waals surface area contributed by atoms with Gasteiger partial charge in [-0.3, -0.25) is 4.79 Å². The first kappa shape index (κ1) is 17.5. The van der Waals surface area contributed by atoms with E-state index in [4.69, 9.17) is 11.6 Å². The van der Waals surface area contributed by atoms with Crippen molar-refractivity contribution < 1.29 is 9.18 Å². The molecule has 0 aromatic heterocycles. The van der Waals surface area contributed by atoms with Gasteiger partial charge in [0.15, 0.2) is 0 Å². The van der Waals surface area contributed by atoms with Gasteiger partial charge in [-0.1, -0.05) is 17.7 Å². The number of piperidine rings is 1. The fraction of sp³-hybridized carbons (Fsp3) is 0.562. The number of benzene rings is 1. The molecule has 2 N–H and O–H groups in total. The molecule has 1 aliphatic carbocycles. The third-order valence-corrected chi connectivity index (χ3v) is 4.79. The summed E-state index contributed by atoms with van der Waals surface area (Å²) >= 11 is 6.05. The van der Waals surface area contributed by atoms with Crippen LogP contribution in [0.5, 0.6) is 0 Å². The Morgan fingerprint density at radius 1 is 1.45 bits per heavy atom. The highest BCUT2D eigenvalue weighted by Gasteiger charge is 2.46. The first-order valence-electron chi connectivity index (χ1n) is 7.59. The fourth-order valence-electron chi connectivity index (χ4n) is 3.14. The zero-order valence-electron chi connectivity index (χ0n) is 12.3. The summed E-state index contributed by atoms with van der Waals surface area (Å²) in [4.78, 5) is 12.2. The lowest BCUT2D eigenvalue weighted by atomic mass is 9.99. The van der Waals surface area contributed by atoms with Gasteiger partial charge in [0.2, 0.25) is 5.91 Å². The molecule has 1 aromatic carbocycles. The zero-order chi connectivity index (χ0) is 14.8. The maximum atomic E-state index is 13.8. The van der Waals surface area contributed by atoms with Crippen molar-refractivity contribution in [3.05, 3.63) is 34.6 Å². The van der Waals surface area contributed by atoms with Crippen molar-refractivity contribution in [3.8, 4) is 0 Å². The van der Waals surface area contributed by atoms with E-state index in [1.807, 2.05) is 0 Å². The van der Waals surface area contributed by atoms with Crippen molar-refractivity contribution in [2.75, 3.05) is 19.6 Å². The lowest BCUT2D eigenvalue weighted by Gasteiger charge is -2.22. The maximum absolute atomic E-state index is 13.8. The van der Waals surface area contributed by atoms with Crippen LogP contribution in [-0.2, 0) is 4.79 Å². The molecular weight excluding hydrogens is 326 g/mol. The Labute approximate surface area is 141 Å². The summed E-state index contributed by atoms with van der Waals surface area (Å²) in [5.41, 5.74) is 0.499. The van der Waals surface area contributed by atoms with Gasteiger partial charge in [-0.05, 0) is 50.4 Å². The standard InChI is InChI=1S/C16H20ClFN2O.ClH/c17-13-4-1-5-14(18)15(13)11-7-12(11)16(21)20-9-10-3-2-6-19-8-10;/h1,4-5,10-12,19H,2-3,6-9H2,(H,20,21);1H. The van der Waals surface area contributed by atoms with Gasteiger partial charge >= 0.3 is 0 Å². The van der Waals surface area contributed by atoms with E-state index in [1.54, 1.807) is 12.1 Å². The second-order valence-corrected chi connectivity index (χ2v) is 6.45. The predicted octanol–water partition coefficient (Wildman–Crippen LogP) is 3.12. The second-order valence-electron chi connectivity index (χ2n) is 6.04. The van der Waals surface area contributed by atoms with Gasteiger partial charge < -0.3 is 10.6 Å². The Hall–Kier alpha value is -0.840. The number of halogens is 3. The van der Waals surface area contributed by atoms with Crippen molar-refractivity contribution in [2.24, 2.45) is 11.8 Å². The van der Waals surface area contributed by atoms with Crippen LogP contribution in [0, 0.1) is 17.7 Å². The summed E-state index contributed by atoms with van der Waals surface area (Å²) in [7, 11) is 0. The molecule has 1 aromatic rings. The molecule has 1 amide bonds. The highest BCUT2D eigenvalue weighted by Crippen LogP contribution is 2.50. The number of amides is 1. The lowest BCUT2D eigenvalue weighted by molar-refractivity contribution is -0.122. The third kappa shape index (κ3) is 3.92. The molecule has 0 bridgehead atoms. The van der Waals surface area contributed by atoms with Crippen LogP contribution in [0.15, 0.2) is 18.2 Å². The SMILES string of the molecule is Cl.O=C(NCC1CCCNC1)C1CC1c1c(F)cccc1Cl. The topological polar surface area (TPSA) is 41.1 Å². The summed E-state index contributed by atoms with van der Waals surface area (Å²) in [6.45, 7) is 2.74. The van der Waals surface area contributed by atoms with Gasteiger partial charge in [0.05, 0.1) is 0 Å². The molecule has 22 heavy (non-hydrogen) atoms. The van der Waals surface area contributed by atoms with Crippen LogP contribution in [0.4, 0.5) is 4.39 Å². The first-order valence-corrected chi connectivity index (χ1v) is 7.97. The quantitative estimate of drug-likeness (QED) is 0.879. The van der Waals surface area contributed by atoms with E-state index in [0.29, 0.717) is 29.5 Å². The molecule has 3 atom stereocenters. The molecule has 0 spiro atoms. The predicted molar refractivity (Wildman–Crippen MR) is 88.1 cm³/mol. The minimum absolute atomic E-state index is 0. The summed E-state index contributed by atoms with van der Waals surface area (Å²) in [5.74, 6) is 0.0419. The highest BCUT2D eigenvalue weighted by molar-refractivity contribution is 6.31. The van der Waals surface area contributed by atoms with Crippen LogP contribution in [-0.4, -0.2) is 25.5 Å². The van der Waals surface area contributed by atoms with E-state index >= 15 is 0 Å². The molecule has 1 saturated carbocycles. The van der Waals surface area contributed by atoms with Crippen LogP contribution in [0.2, 0.25) is 5.02 Å². The van der Waals surface area contributed by atoms with Gasteiger partial charge in [0, 0.05) is 29.0 Å². The minimum atomic E-state index is -0.306. The molecule has 3 rings (SSSR count). The van der Waals surface area contributed by atoms with Crippen LogP contribution in [0.1, 0.15) is 30.7 Å². The molecule has 1 saturated heterocycles.